The summed E-state index contributed by atoms with van der Waals surface area (Å²) in [6.07, 6.45) is 1.46. The van der Waals surface area contributed by atoms with Crippen molar-refractivity contribution in [3.8, 4) is 5.75 Å². The first-order valence-electron chi connectivity index (χ1n) is 10.2. The average Bonchev–Trinajstić information content (AvgIpc) is 2.81. The number of rotatable bonds is 9. The maximum absolute atomic E-state index is 13.3. The zero-order chi connectivity index (χ0) is 23.8. The van der Waals surface area contributed by atoms with Crippen LogP contribution in [0.4, 0.5) is 5.69 Å². The third-order valence-corrected chi connectivity index (χ3v) is 6.85. The van der Waals surface area contributed by atoms with Crippen LogP contribution in [0.1, 0.15) is 18.1 Å². The summed E-state index contributed by atoms with van der Waals surface area (Å²) in [5.41, 5.74) is 4.20. The molecule has 0 aliphatic carbocycles. The summed E-state index contributed by atoms with van der Waals surface area (Å²) < 4.78 is 33.0. The van der Waals surface area contributed by atoms with E-state index in [-0.39, 0.29) is 10.6 Å². The molecule has 0 fully saturated rings. The molecule has 0 saturated carbocycles. The molecular formula is C24H24ClN3O4S. The number of halogens is 1. The summed E-state index contributed by atoms with van der Waals surface area (Å²) in [7, 11) is -4.02. The Morgan fingerprint density at radius 1 is 1.09 bits per heavy atom. The molecule has 1 N–H and O–H groups in total. The molecule has 0 radical (unpaired) electrons. The zero-order valence-electron chi connectivity index (χ0n) is 18.2. The Labute approximate surface area is 198 Å². The number of amides is 1. The number of anilines is 1. The molecule has 0 aliphatic rings. The topological polar surface area (TPSA) is 88.1 Å². The molecule has 3 aromatic carbocycles. The second kappa shape index (κ2) is 11.0. The van der Waals surface area contributed by atoms with Crippen molar-refractivity contribution in [2.75, 3.05) is 17.5 Å². The number of carbonyl (C=O) groups is 1. The van der Waals surface area contributed by atoms with Crippen molar-refractivity contribution in [1.82, 2.24) is 5.43 Å². The van der Waals surface area contributed by atoms with Crippen LogP contribution < -0.4 is 14.5 Å². The maximum atomic E-state index is 13.3. The molecule has 0 aliphatic heterocycles. The van der Waals surface area contributed by atoms with Crippen LogP contribution in [0.5, 0.6) is 5.75 Å². The van der Waals surface area contributed by atoms with E-state index in [1.54, 1.807) is 54.6 Å². The van der Waals surface area contributed by atoms with E-state index < -0.39 is 22.5 Å². The van der Waals surface area contributed by atoms with Crippen molar-refractivity contribution < 1.29 is 17.9 Å². The highest BCUT2D eigenvalue weighted by Crippen LogP contribution is 2.27. The van der Waals surface area contributed by atoms with Gasteiger partial charge in [-0.3, -0.25) is 9.10 Å². The third kappa shape index (κ3) is 6.34. The lowest BCUT2D eigenvalue weighted by Gasteiger charge is -2.24. The molecule has 0 spiro atoms. The first kappa shape index (κ1) is 24.3. The highest BCUT2D eigenvalue weighted by molar-refractivity contribution is 7.92. The minimum Gasteiger partial charge on any atom is -0.494 e. The van der Waals surface area contributed by atoms with Crippen LogP contribution in [0.2, 0.25) is 5.02 Å². The van der Waals surface area contributed by atoms with E-state index in [1.165, 1.54) is 24.4 Å². The fourth-order valence-electron chi connectivity index (χ4n) is 2.93. The Kier molecular flexibility index (Phi) is 8.08. The van der Waals surface area contributed by atoms with Gasteiger partial charge in [0.05, 0.1) is 23.4 Å². The molecule has 3 rings (SSSR count). The van der Waals surface area contributed by atoms with Gasteiger partial charge in [0.2, 0.25) is 0 Å². The number of ether oxygens (including phenoxy) is 1. The minimum absolute atomic E-state index is 0.0624. The molecule has 0 bridgehead atoms. The van der Waals surface area contributed by atoms with Gasteiger partial charge in [0, 0.05) is 5.02 Å². The molecule has 33 heavy (non-hydrogen) atoms. The monoisotopic (exact) mass is 485 g/mol. The fourth-order valence-corrected chi connectivity index (χ4v) is 4.54. The van der Waals surface area contributed by atoms with Crippen molar-refractivity contribution in [2.24, 2.45) is 5.10 Å². The Hall–Kier alpha value is -3.36. The van der Waals surface area contributed by atoms with Crippen LogP contribution in [0, 0.1) is 6.92 Å². The maximum Gasteiger partial charge on any atom is 0.264 e. The normalized spacial score (nSPS) is 11.4. The summed E-state index contributed by atoms with van der Waals surface area (Å²) in [6.45, 7) is 3.80. The van der Waals surface area contributed by atoms with Gasteiger partial charge in [-0.25, -0.2) is 13.8 Å². The summed E-state index contributed by atoms with van der Waals surface area (Å²) in [6, 6.07) is 19.9. The highest BCUT2D eigenvalue weighted by atomic mass is 35.5. The van der Waals surface area contributed by atoms with Gasteiger partial charge in [0.15, 0.2) is 0 Å². The predicted octanol–water partition coefficient (Wildman–Crippen LogP) is 4.39. The van der Waals surface area contributed by atoms with Gasteiger partial charge in [-0.1, -0.05) is 35.9 Å². The van der Waals surface area contributed by atoms with Gasteiger partial charge >= 0.3 is 0 Å². The average molecular weight is 486 g/mol. The quantitative estimate of drug-likeness (QED) is 0.359. The van der Waals surface area contributed by atoms with Gasteiger partial charge in [0.25, 0.3) is 15.9 Å². The number of nitrogens with one attached hydrogen (secondary N) is 1. The minimum atomic E-state index is -4.02. The van der Waals surface area contributed by atoms with Gasteiger partial charge in [0.1, 0.15) is 12.3 Å². The number of aryl methyl sites for hydroxylation is 1. The van der Waals surface area contributed by atoms with E-state index in [0.717, 1.165) is 21.2 Å². The summed E-state index contributed by atoms with van der Waals surface area (Å²) in [4.78, 5) is 12.7. The SMILES string of the molecule is CCOc1ccc(/C=N\NC(=O)CN(c2ccc(C)c(Cl)c2)S(=O)(=O)c2ccccc2)cc1. The van der Waals surface area contributed by atoms with Crippen LogP contribution in [0.3, 0.4) is 0 Å². The standard InChI is InChI=1S/C24H24ClN3O4S/c1-3-32-21-13-10-19(11-14-21)16-26-27-24(29)17-28(20-12-9-18(2)23(25)15-20)33(30,31)22-7-5-4-6-8-22/h4-16H,3,17H2,1-2H3,(H,27,29)/b26-16-. The van der Waals surface area contributed by atoms with E-state index in [9.17, 15) is 13.2 Å². The lowest BCUT2D eigenvalue weighted by molar-refractivity contribution is -0.119. The van der Waals surface area contributed by atoms with E-state index in [1.807, 2.05) is 13.8 Å². The van der Waals surface area contributed by atoms with E-state index in [0.29, 0.717) is 11.6 Å². The first-order valence-corrected chi connectivity index (χ1v) is 12.0. The van der Waals surface area contributed by atoms with Crippen molar-refractivity contribution in [1.29, 1.82) is 0 Å². The van der Waals surface area contributed by atoms with E-state index >= 15 is 0 Å². The Bertz CT molecular complexity index is 1230. The number of hydrogen-bond acceptors (Lipinski definition) is 5. The lowest BCUT2D eigenvalue weighted by atomic mass is 10.2. The second-order valence-electron chi connectivity index (χ2n) is 7.05. The number of nitrogens with zero attached hydrogens (tertiary/aromatic N) is 2. The fraction of sp³-hybridized carbons (Fsp3) is 0.167. The van der Waals surface area contributed by atoms with Crippen molar-refractivity contribution >= 4 is 39.4 Å². The molecule has 172 valence electrons. The molecule has 1 amide bonds. The van der Waals surface area contributed by atoms with E-state index in [4.69, 9.17) is 16.3 Å². The zero-order valence-corrected chi connectivity index (χ0v) is 19.8. The summed E-state index contributed by atoms with van der Waals surface area (Å²) >= 11 is 6.22. The molecule has 3 aromatic rings. The van der Waals surface area contributed by atoms with Gasteiger partial charge in [-0.15, -0.1) is 0 Å². The summed E-state index contributed by atoms with van der Waals surface area (Å²) in [5, 5.41) is 4.34. The number of benzene rings is 3. The van der Waals surface area contributed by atoms with Crippen LogP contribution in [0.25, 0.3) is 0 Å². The number of hydrazone groups is 1. The van der Waals surface area contributed by atoms with Crippen molar-refractivity contribution in [2.45, 2.75) is 18.7 Å². The Morgan fingerprint density at radius 3 is 2.42 bits per heavy atom. The molecule has 0 atom stereocenters. The molecule has 9 heteroatoms. The van der Waals surface area contributed by atoms with Gasteiger partial charge in [-0.2, -0.15) is 5.10 Å². The third-order valence-electron chi connectivity index (χ3n) is 4.66. The molecule has 0 heterocycles. The Balaban J connectivity index is 1.79. The first-order chi connectivity index (χ1) is 15.8. The van der Waals surface area contributed by atoms with Gasteiger partial charge in [-0.05, 0) is 73.5 Å². The second-order valence-corrected chi connectivity index (χ2v) is 9.32. The van der Waals surface area contributed by atoms with Crippen molar-refractivity contribution in [3.05, 3.63) is 88.9 Å². The summed E-state index contributed by atoms with van der Waals surface area (Å²) in [5.74, 6) is 0.130. The highest BCUT2D eigenvalue weighted by Gasteiger charge is 2.27. The van der Waals surface area contributed by atoms with Crippen molar-refractivity contribution in [3.63, 3.8) is 0 Å². The molecule has 0 unspecified atom stereocenters. The molecular weight excluding hydrogens is 462 g/mol. The predicted molar refractivity (Wildman–Crippen MR) is 131 cm³/mol. The molecule has 0 aromatic heterocycles. The smallest absolute Gasteiger partial charge is 0.264 e. The van der Waals surface area contributed by atoms with E-state index in [2.05, 4.69) is 10.5 Å². The van der Waals surface area contributed by atoms with Gasteiger partial charge < -0.3 is 4.74 Å². The van der Waals surface area contributed by atoms with Crippen LogP contribution in [-0.4, -0.2) is 33.7 Å². The lowest BCUT2D eigenvalue weighted by Crippen LogP contribution is -2.39. The van der Waals surface area contributed by atoms with Crippen LogP contribution in [-0.2, 0) is 14.8 Å². The number of hydrogen-bond donors (Lipinski definition) is 1. The Morgan fingerprint density at radius 2 is 1.79 bits per heavy atom. The number of carbonyl (C=O) groups excluding carboxylic acids is 1. The number of sulfonamides is 1. The van der Waals surface area contributed by atoms with Crippen LogP contribution >= 0.6 is 11.6 Å². The van der Waals surface area contributed by atoms with Crippen LogP contribution in [0.15, 0.2) is 82.8 Å². The molecule has 0 saturated heterocycles. The largest absolute Gasteiger partial charge is 0.494 e. The molecule has 7 nitrogen and oxygen atoms in total.